The second kappa shape index (κ2) is 5.83. The van der Waals surface area contributed by atoms with Crippen molar-refractivity contribution in [1.82, 2.24) is 4.90 Å². The summed E-state index contributed by atoms with van der Waals surface area (Å²) in [7, 11) is 1.73. The maximum absolute atomic E-state index is 6.20. The molecule has 1 fully saturated rings. The summed E-state index contributed by atoms with van der Waals surface area (Å²) < 4.78 is 5.10. The molecule has 1 aliphatic rings. The fraction of sp³-hybridized carbons (Fsp3) is 0.538. The molecule has 0 amide bonds. The van der Waals surface area contributed by atoms with Crippen LogP contribution in [0.15, 0.2) is 24.3 Å². The Hall–Kier alpha value is -0.610. The fourth-order valence-electron chi connectivity index (χ4n) is 2.38. The van der Waals surface area contributed by atoms with Crippen LogP contribution in [0.4, 0.5) is 0 Å². The number of methoxy groups -OCH3 is 1. The van der Waals surface area contributed by atoms with Crippen LogP contribution >= 0.6 is 11.6 Å². The lowest BCUT2D eigenvalue weighted by Gasteiger charge is -2.15. The van der Waals surface area contributed by atoms with Gasteiger partial charge in [0.25, 0.3) is 0 Å². The molecule has 2 rings (SSSR count). The van der Waals surface area contributed by atoms with Crippen molar-refractivity contribution in [1.29, 1.82) is 0 Å². The summed E-state index contributed by atoms with van der Waals surface area (Å²) in [6, 6.07) is 8.22. The highest BCUT2D eigenvalue weighted by molar-refractivity contribution is 6.30. The Morgan fingerprint density at radius 1 is 1.35 bits per heavy atom. The molecule has 1 aromatic carbocycles. The van der Waals surface area contributed by atoms with Crippen molar-refractivity contribution in [3.05, 3.63) is 34.9 Å². The van der Waals surface area contributed by atoms with Crippen molar-refractivity contribution in [3.8, 4) is 0 Å². The molecule has 0 radical (unpaired) electrons. The second-order valence-corrected chi connectivity index (χ2v) is 5.01. The summed E-state index contributed by atoms with van der Waals surface area (Å²) in [5.74, 6) is 0.407. The second-order valence-electron chi connectivity index (χ2n) is 4.57. The van der Waals surface area contributed by atoms with E-state index in [4.69, 9.17) is 22.1 Å². The van der Waals surface area contributed by atoms with Crippen LogP contribution in [0.2, 0.25) is 5.02 Å². The average molecular weight is 255 g/mol. The number of likely N-dealkylation sites (tertiary alicyclic amines) is 1. The van der Waals surface area contributed by atoms with Gasteiger partial charge in [-0.2, -0.15) is 0 Å². The SMILES string of the molecule is COCCN1CC(c2ccc(Cl)cc2)[C@H](N)C1. The maximum Gasteiger partial charge on any atom is 0.0589 e. The third-order valence-electron chi connectivity index (χ3n) is 3.35. The predicted octanol–water partition coefficient (Wildman–Crippen LogP) is 1.71. The Kier molecular flexibility index (Phi) is 4.40. The van der Waals surface area contributed by atoms with E-state index in [0.29, 0.717) is 5.92 Å². The summed E-state index contributed by atoms with van der Waals surface area (Å²) in [4.78, 5) is 2.35. The molecular formula is C13H19ClN2O. The number of hydrogen-bond donors (Lipinski definition) is 1. The molecule has 2 atom stereocenters. The van der Waals surface area contributed by atoms with Crippen LogP contribution in [0.25, 0.3) is 0 Å². The number of ether oxygens (including phenoxy) is 1. The van der Waals surface area contributed by atoms with Crippen molar-refractivity contribution < 1.29 is 4.74 Å². The van der Waals surface area contributed by atoms with Gasteiger partial charge in [0.1, 0.15) is 0 Å². The van der Waals surface area contributed by atoms with E-state index >= 15 is 0 Å². The van der Waals surface area contributed by atoms with E-state index < -0.39 is 0 Å². The minimum atomic E-state index is 0.202. The Morgan fingerprint density at radius 2 is 2.06 bits per heavy atom. The minimum Gasteiger partial charge on any atom is -0.383 e. The molecule has 1 aliphatic heterocycles. The first-order valence-corrected chi connectivity index (χ1v) is 6.31. The molecule has 1 heterocycles. The molecule has 4 heteroatoms. The Morgan fingerprint density at radius 3 is 2.71 bits per heavy atom. The van der Waals surface area contributed by atoms with Crippen molar-refractivity contribution in [2.75, 3.05) is 33.4 Å². The lowest BCUT2D eigenvalue weighted by molar-refractivity contribution is 0.160. The Labute approximate surface area is 107 Å². The lowest BCUT2D eigenvalue weighted by Crippen LogP contribution is -2.30. The van der Waals surface area contributed by atoms with Gasteiger partial charge in [0.2, 0.25) is 0 Å². The van der Waals surface area contributed by atoms with E-state index in [2.05, 4.69) is 17.0 Å². The number of benzene rings is 1. The first kappa shape index (κ1) is 12.8. The Bertz CT molecular complexity index is 355. The van der Waals surface area contributed by atoms with E-state index in [9.17, 15) is 0 Å². The topological polar surface area (TPSA) is 38.5 Å². The zero-order chi connectivity index (χ0) is 12.3. The van der Waals surface area contributed by atoms with Gasteiger partial charge in [-0.05, 0) is 17.7 Å². The van der Waals surface area contributed by atoms with Gasteiger partial charge in [-0.15, -0.1) is 0 Å². The van der Waals surface area contributed by atoms with E-state index in [1.807, 2.05) is 12.1 Å². The van der Waals surface area contributed by atoms with Crippen LogP contribution < -0.4 is 5.73 Å². The highest BCUT2D eigenvalue weighted by Gasteiger charge is 2.30. The average Bonchev–Trinajstić information content (AvgIpc) is 2.69. The summed E-state index contributed by atoms with van der Waals surface area (Å²) in [5.41, 5.74) is 7.48. The first-order valence-electron chi connectivity index (χ1n) is 5.93. The zero-order valence-corrected chi connectivity index (χ0v) is 10.9. The van der Waals surface area contributed by atoms with Crippen molar-refractivity contribution in [2.45, 2.75) is 12.0 Å². The summed E-state index contributed by atoms with van der Waals surface area (Å²) in [6.07, 6.45) is 0. The highest BCUT2D eigenvalue weighted by Crippen LogP contribution is 2.27. The van der Waals surface area contributed by atoms with Crippen LogP contribution in [0.1, 0.15) is 11.5 Å². The molecular weight excluding hydrogens is 236 g/mol. The number of nitrogens with two attached hydrogens (primary N) is 1. The van der Waals surface area contributed by atoms with Crippen molar-refractivity contribution >= 4 is 11.6 Å². The van der Waals surface area contributed by atoms with Crippen LogP contribution in [-0.4, -0.2) is 44.3 Å². The molecule has 1 saturated heterocycles. The summed E-state index contributed by atoms with van der Waals surface area (Å²) in [6.45, 7) is 3.66. The molecule has 0 aromatic heterocycles. The molecule has 0 aliphatic carbocycles. The predicted molar refractivity (Wildman–Crippen MR) is 70.5 cm³/mol. The normalized spacial score (nSPS) is 25.4. The van der Waals surface area contributed by atoms with E-state index in [0.717, 1.165) is 31.3 Å². The van der Waals surface area contributed by atoms with E-state index in [-0.39, 0.29) is 6.04 Å². The molecule has 0 spiro atoms. The van der Waals surface area contributed by atoms with Gasteiger partial charge < -0.3 is 10.5 Å². The van der Waals surface area contributed by atoms with Crippen LogP contribution in [0, 0.1) is 0 Å². The lowest BCUT2D eigenvalue weighted by atomic mass is 9.95. The maximum atomic E-state index is 6.20. The molecule has 2 N–H and O–H groups in total. The zero-order valence-electron chi connectivity index (χ0n) is 10.1. The van der Waals surface area contributed by atoms with Gasteiger partial charge in [-0.3, -0.25) is 4.90 Å². The quantitative estimate of drug-likeness (QED) is 0.889. The number of rotatable bonds is 4. The van der Waals surface area contributed by atoms with Gasteiger partial charge in [-0.25, -0.2) is 0 Å². The van der Waals surface area contributed by atoms with E-state index in [1.54, 1.807) is 7.11 Å². The van der Waals surface area contributed by atoms with Crippen molar-refractivity contribution in [3.63, 3.8) is 0 Å². The first-order chi connectivity index (χ1) is 8.20. The molecule has 0 bridgehead atoms. The highest BCUT2D eigenvalue weighted by atomic mass is 35.5. The van der Waals surface area contributed by atoms with Crippen LogP contribution in [0.5, 0.6) is 0 Å². The number of nitrogens with zero attached hydrogens (tertiary/aromatic N) is 1. The van der Waals surface area contributed by atoms with Gasteiger partial charge in [-0.1, -0.05) is 23.7 Å². The molecule has 0 saturated carbocycles. The third-order valence-corrected chi connectivity index (χ3v) is 3.60. The monoisotopic (exact) mass is 254 g/mol. The standard InChI is InChI=1S/C13H19ClN2O/c1-17-7-6-16-8-12(13(15)9-16)10-2-4-11(14)5-3-10/h2-5,12-13H,6-9,15H2,1H3/t12?,13-/m1/s1. The van der Waals surface area contributed by atoms with Gasteiger partial charge in [0.15, 0.2) is 0 Å². The molecule has 17 heavy (non-hydrogen) atoms. The molecule has 1 unspecified atom stereocenters. The fourth-order valence-corrected chi connectivity index (χ4v) is 2.51. The van der Waals surface area contributed by atoms with E-state index in [1.165, 1.54) is 5.56 Å². The smallest absolute Gasteiger partial charge is 0.0589 e. The molecule has 94 valence electrons. The summed E-state index contributed by atoms with van der Waals surface area (Å²) >= 11 is 5.89. The van der Waals surface area contributed by atoms with Gasteiger partial charge in [0.05, 0.1) is 6.61 Å². The molecule has 3 nitrogen and oxygen atoms in total. The summed E-state index contributed by atoms with van der Waals surface area (Å²) in [5, 5.41) is 0.775. The largest absolute Gasteiger partial charge is 0.383 e. The molecule has 1 aromatic rings. The van der Waals surface area contributed by atoms with Crippen molar-refractivity contribution in [2.24, 2.45) is 5.73 Å². The number of halogens is 1. The number of hydrogen-bond acceptors (Lipinski definition) is 3. The van der Waals surface area contributed by atoms with Crippen LogP contribution in [-0.2, 0) is 4.74 Å². The Balaban J connectivity index is 2.00. The van der Waals surface area contributed by atoms with Crippen LogP contribution in [0.3, 0.4) is 0 Å². The third kappa shape index (κ3) is 3.19. The van der Waals surface area contributed by atoms with Gasteiger partial charge in [0, 0.05) is 43.7 Å². The van der Waals surface area contributed by atoms with Gasteiger partial charge >= 0.3 is 0 Å². The minimum absolute atomic E-state index is 0.202.